The minimum atomic E-state index is 0.0283. The fraction of sp³-hybridized carbons (Fsp3) is 0.600. The van der Waals surface area contributed by atoms with Gasteiger partial charge in [0.05, 0.1) is 0 Å². The number of nitrogens with zero attached hydrogens (tertiary/aromatic N) is 2. The molecule has 1 aromatic carbocycles. The van der Waals surface area contributed by atoms with Crippen LogP contribution in [0.3, 0.4) is 0 Å². The van der Waals surface area contributed by atoms with Crippen molar-refractivity contribution in [3.8, 4) is 0 Å². The first-order valence-electron chi connectivity index (χ1n) is 9.65. The first-order chi connectivity index (χ1) is 12.2. The zero-order valence-corrected chi connectivity index (χ0v) is 14.7. The summed E-state index contributed by atoms with van der Waals surface area (Å²) in [5.74, 6) is 0.951. The van der Waals surface area contributed by atoms with E-state index in [9.17, 15) is 9.59 Å². The predicted octanol–water partition coefficient (Wildman–Crippen LogP) is 3.61. The van der Waals surface area contributed by atoms with E-state index in [4.69, 9.17) is 0 Å². The molecule has 1 aliphatic carbocycles. The lowest BCUT2D eigenvalue weighted by Crippen LogP contribution is -2.39. The van der Waals surface area contributed by atoms with Crippen molar-refractivity contribution in [1.29, 1.82) is 0 Å². The van der Waals surface area contributed by atoms with Gasteiger partial charge in [-0.25, -0.2) is 4.79 Å². The van der Waals surface area contributed by atoms with Gasteiger partial charge in [0, 0.05) is 37.8 Å². The Bertz CT molecular complexity index is 660. The molecule has 5 nitrogen and oxygen atoms in total. The third-order valence-electron chi connectivity index (χ3n) is 5.99. The van der Waals surface area contributed by atoms with E-state index in [1.165, 1.54) is 12.8 Å². The molecule has 1 N–H and O–H groups in total. The van der Waals surface area contributed by atoms with Crippen molar-refractivity contribution in [2.24, 2.45) is 5.92 Å². The molecule has 2 atom stereocenters. The van der Waals surface area contributed by atoms with E-state index in [0.29, 0.717) is 24.9 Å². The number of likely N-dealkylation sites (tertiary alicyclic amines) is 2. The van der Waals surface area contributed by atoms with E-state index in [-0.39, 0.29) is 11.9 Å². The average Bonchev–Trinajstić information content (AvgIpc) is 3.20. The largest absolute Gasteiger partial charge is 0.338 e. The van der Waals surface area contributed by atoms with Crippen molar-refractivity contribution < 1.29 is 9.59 Å². The fourth-order valence-electron chi connectivity index (χ4n) is 4.68. The normalized spacial score (nSPS) is 26.0. The molecule has 0 spiro atoms. The zero-order valence-electron chi connectivity index (χ0n) is 14.7. The van der Waals surface area contributed by atoms with E-state index < -0.39 is 0 Å². The monoisotopic (exact) mass is 341 g/mol. The maximum absolute atomic E-state index is 12.7. The number of amides is 3. The highest BCUT2D eigenvalue weighted by atomic mass is 16.2. The number of fused-ring (bicyclic) bond motifs is 1. The summed E-state index contributed by atoms with van der Waals surface area (Å²) in [6.45, 7) is 2.35. The Balaban J connectivity index is 1.39. The Hall–Kier alpha value is -2.04. The maximum Gasteiger partial charge on any atom is 0.322 e. The Labute approximate surface area is 149 Å². The van der Waals surface area contributed by atoms with Crippen molar-refractivity contribution in [3.63, 3.8) is 0 Å². The second-order valence-corrected chi connectivity index (χ2v) is 7.64. The van der Waals surface area contributed by atoms with Crippen LogP contribution < -0.4 is 5.32 Å². The van der Waals surface area contributed by atoms with Crippen LogP contribution in [0.15, 0.2) is 24.3 Å². The quantitative estimate of drug-likeness (QED) is 0.913. The SMILES string of the molecule is O=C1CCCCN1Cc1cccc(NC(=O)N2CC[C@H]3CCC[C@H]32)c1. The summed E-state index contributed by atoms with van der Waals surface area (Å²) in [5.41, 5.74) is 1.90. The van der Waals surface area contributed by atoms with E-state index in [2.05, 4.69) is 5.32 Å². The van der Waals surface area contributed by atoms with Gasteiger partial charge in [-0.15, -0.1) is 0 Å². The molecule has 2 heterocycles. The van der Waals surface area contributed by atoms with Crippen LogP contribution >= 0.6 is 0 Å². The third-order valence-corrected chi connectivity index (χ3v) is 5.99. The lowest BCUT2D eigenvalue weighted by Gasteiger charge is -2.27. The number of rotatable bonds is 3. The second kappa shape index (κ2) is 7.06. The molecule has 2 saturated heterocycles. The summed E-state index contributed by atoms with van der Waals surface area (Å²) in [7, 11) is 0. The fourth-order valence-corrected chi connectivity index (χ4v) is 4.68. The first kappa shape index (κ1) is 16.4. The highest BCUT2D eigenvalue weighted by molar-refractivity contribution is 5.90. The Morgan fingerprint density at radius 1 is 1.12 bits per heavy atom. The van der Waals surface area contributed by atoms with Crippen LogP contribution in [-0.4, -0.2) is 40.9 Å². The first-order valence-corrected chi connectivity index (χ1v) is 9.65. The van der Waals surface area contributed by atoms with E-state index in [1.807, 2.05) is 34.1 Å². The standard InChI is InChI=1S/C20H27N3O2/c24-19-9-1-2-11-22(19)14-15-5-3-7-17(13-15)21-20(25)23-12-10-16-6-4-8-18(16)23/h3,5,7,13,16,18H,1-2,4,6,8-12,14H2,(H,21,25)/t16-,18-/m1/s1. The molecule has 0 unspecified atom stereocenters. The van der Waals surface area contributed by atoms with E-state index in [0.717, 1.165) is 50.0 Å². The molecule has 0 radical (unpaired) electrons. The topological polar surface area (TPSA) is 52.7 Å². The summed E-state index contributed by atoms with van der Waals surface area (Å²) in [6.07, 6.45) is 7.56. The van der Waals surface area contributed by atoms with Gasteiger partial charge in [0.15, 0.2) is 0 Å². The molecule has 25 heavy (non-hydrogen) atoms. The van der Waals surface area contributed by atoms with Crippen molar-refractivity contribution in [2.45, 2.75) is 57.5 Å². The number of carbonyl (C=O) groups is 2. The van der Waals surface area contributed by atoms with Crippen molar-refractivity contribution >= 4 is 17.6 Å². The molecule has 4 rings (SSSR count). The number of piperidine rings is 1. The minimum Gasteiger partial charge on any atom is -0.338 e. The Morgan fingerprint density at radius 3 is 2.92 bits per heavy atom. The van der Waals surface area contributed by atoms with Gasteiger partial charge in [0.2, 0.25) is 5.91 Å². The molecular weight excluding hydrogens is 314 g/mol. The van der Waals surface area contributed by atoms with Crippen LogP contribution in [0.2, 0.25) is 0 Å². The maximum atomic E-state index is 12.7. The summed E-state index contributed by atoms with van der Waals surface area (Å²) in [4.78, 5) is 28.6. The second-order valence-electron chi connectivity index (χ2n) is 7.64. The number of carbonyl (C=O) groups excluding carboxylic acids is 2. The molecule has 3 aliphatic rings. The van der Waals surface area contributed by atoms with Gasteiger partial charge in [-0.1, -0.05) is 18.6 Å². The molecule has 0 aromatic heterocycles. The van der Waals surface area contributed by atoms with Crippen molar-refractivity contribution in [2.75, 3.05) is 18.4 Å². The predicted molar refractivity (Wildman–Crippen MR) is 97.2 cm³/mol. The van der Waals surface area contributed by atoms with Crippen molar-refractivity contribution in [1.82, 2.24) is 9.80 Å². The molecule has 1 aromatic rings. The summed E-state index contributed by atoms with van der Waals surface area (Å²) in [6, 6.07) is 8.39. The van der Waals surface area contributed by atoms with Gasteiger partial charge >= 0.3 is 6.03 Å². The van der Waals surface area contributed by atoms with Crippen molar-refractivity contribution in [3.05, 3.63) is 29.8 Å². The summed E-state index contributed by atoms with van der Waals surface area (Å²) in [5, 5.41) is 3.07. The highest BCUT2D eigenvalue weighted by Gasteiger charge is 2.39. The van der Waals surface area contributed by atoms with Gasteiger partial charge in [-0.2, -0.15) is 0 Å². The Kier molecular flexibility index (Phi) is 4.64. The average molecular weight is 341 g/mol. The van der Waals surface area contributed by atoms with Gasteiger partial charge in [-0.3, -0.25) is 4.79 Å². The number of benzene rings is 1. The molecule has 3 amide bonds. The molecular formula is C20H27N3O2. The molecule has 1 saturated carbocycles. The van der Waals surface area contributed by atoms with E-state index >= 15 is 0 Å². The lowest BCUT2D eigenvalue weighted by atomic mass is 10.1. The lowest BCUT2D eigenvalue weighted by molar-refractivity contribution is -0.133. The van der Waals surface area contributed by atoms with Gasteiger partial charge < -0.3 is 15.1 Å². The number of hydrogen-bond donors (Lipinski definition) is 1. The van der Waals surface area contributed by atoms with Crippen LogP contribution in [0.4, 0.5) is 10.5 Å². The number of urea groups is 1. The smallest absolute Gasteiger partial charge is 0.322 e. The van der Waals surface area contributed by atoms with Crippen LogP contribution in [0.5, 0.6) is 0 Å². The van der Waals surface area contributed by atoms with Gasteiger partial charge in [0.1, 0.15) is 0 Å². The van der Waals surface area contributed by atoms with Gasteiger partial charge in [0.25, 0.3) is 0 Å². The van der Waals surface area contributed by atoms with Crippen LogP contribution in [0, 0.1) is 5.92 Å². The zero-order chi connectivity index (χ0) is 17.2. The highest BCUT2D eigenvalue weighted by Crippen LogP contribution is 2.37. The summed E-state index contributed by atoms with van der Waals surface area (Å²) < 4.78 is 0. The molecule has 5 heteroatoms. The third kappa shape index (κ3) is 3.51. The Morgan fingerprint density at radius 2 is 2.04 bits per heavy atom. The van der Waals surface area contributed by atoms with Crippen LogP contribution in [0.25, 0.3) is 0 Å². The molecule has 3 fully saturated rings. The molecule has 134 valence electrons. The number of nitrogens with one attached hydrogen (secondary N) is 1. The minimum absolute atomic E-state index is 0.0283. The number of hydrogen-bond acceptors (Lipinski definition) is 2. The summed E-state index contributed by atoms with van der Waals surface area (Å²) >= 11 is 0. The molecule has 0 bridgehead atoms. The molecule has 2 aliphatic heterocycles. The van der Waals surface area contributed by atoms with Crippen LogP contribution in [0.1, 0.15) is 50.5 Å². The number of anilines is 1. The van der Waals surface area contributed by atoms with Gasteiger partial charge in [-0.05, 0) is 55.7 Å². The van der Waals surface area contributed by atoms with Crippen LogP contribution in [-0.2, 0) is 11.3 Å². The van der Waals surface area contributed by atoms with E-state index in [1.54, 1.807) is 0 Å².